The number of ether oxygens (including phenoxy) is 1. The SMILES string of the molecule is O=C(O)c1ccc(OCc2cccc(Cl)c2)cc1O. The van der Waals surface area contributed by atoms with Crippen LogP contribution in [0.1, 0.15) is 15.9 Å². The van der Waals surface area contributed by atoms with E-state index in [4.69, 9.17) is 21.4 Å². The van der Waals surface area contributed by atoms with Crippen LogP contribution in [-0.4, -0.2) is 16.2 Å². The maximum atomic E-state index is 10.7. The highest BCUT2D eigenvalue weighted by Crippen LogP contribution is 2.24. The molecule has 0 unspecified atom stereocenters. The van der Waals surface area contributed by atoms with Gasteiger partial charge >= 0.3 is 5.97 Å². The van der Waals surface area contributed by atoms with Gasteiger partial charge in [0.25, 0.3) is 0 Å². The first-order chi connectivity index (χ1) is 9.06. The van der Waals surface area contributed by atoms with E-state index in [0.29, 0.717) is 10.8 Å². The average molecular weight is 279 g/mol. The Balaban J connectivity index is 2.08. The van der Waals surface area contributed by atoms with E-state index >= 15 is 0 Å². The number of benzene rings is 2. The van der Waals surface area contributed by atoms with Crippen molar-refractivity contribution >= 4 is 17.6 Å². The minimum atomic E-state index is -1.18. The lowest BCUT2D eigenvalue weighted by Crippen LogP contribution is -1.99. The molecule has 4 nitrogen and oxygen atoms in total. The van der Waals surface area contributed by atoms with Crippen LogP contribution >= 0.6 is 11.6 Å². The number of hydrogen-bond acceptors (Lipinski definition) is 3. The lowest BCUT2D eigenvalue weighted by molar-refractivity contribution is 0.0693. The van der Waals surface area contributed by atoms with Crippen molar-refractivity contribution in [2.45, 2.75) is 6.61 Å². The van der Waals surface area contributed by atoms with Gasteiger partial charge in [0.2, 0.25) is 0 Å². The minimum absolute atomic E-state index is 0.157. The summed E-state index contributed by atoms with van der Waals surface area (Å²) in [4.78, 5) is 10.7. The summed E-state index contributed by atoms with van der Waals surface area (Å²) in [5.74, 6) is -1.11. The number of carboxylic acids is 1. The molecule has 0 radical (unpaired) electrons. The highest BCUT2D eigenvalue weighted by atomic mass is 35.5. The topological polar surface area (TPSA) is 66.8 Å². The first kappa shape index (κ1) is 13.2. The molecule has 2 aromatic rings. The number of aromatic carboxylic acids is 1. The van der Waals surface area contributed by atoms with Gasteiger partial charge in [-0.3, -0.25) is 0 Å². The summed E-state index contributed by atoms with van der Waals surface area (Å²) in [6.07, 6.45) is 0. The summed E-state index contributed by atoms with van der Waals surface area (Å²) >= 11 is 5.85. The van der Waals surface area contributed by atoms with E-state index in [1.165, 1.54) is 18.2 Å². The summed E-state index contributed by atoms with van der Waals surface area (Å²) in [6.45, 7) is 0.284. The van der Waals surface area contributed by atoms with Crippen molar-refractivity contribution < 1.29 is 19.7 Å². The van der Waals surface area contributed by atoms with Crippen molar-refractivity contribution in [1.29, 1.82) is 0 Å². The zero-order valence-corrected chi connectivity index (χ0v) is 10.6. The molecule has 0 atom stereocenters. The quantitative estimate of drug-likeness (QED) is 0.900. The number of carbonyl (C=O) groups is 1. The van der Waals surface area contributed by atoms with Gasteiger partial charge in [0, 0.05) is 11.1 Å². The molecule has 0 saturated heterocycles. The lowest BCUT2D eigenvalue weighted by Gasteiger charge is -2.08. The van der Waals surface area contributed by atoms with Crippen LogP contribution in [0.3, 0.4) is 0 Å². The number of halogens is 1. The van der Waals surface area contributed by atoms with Gasteiger partial charge in [-0.1, -0.05) is 23.7 Å². The van der Waals surface area contributed by atoms with E-state index in [2.05, 4.69) is 0 Å². The number of hydrogen-bond donors (Lipinski definition) is 2. The van der Waals surface area contributed by atoms with Gasteiger partial charge < -0.3 is 14.9 Å². The molecule has 5 heteroatoms. The van der Waals surface area contributed by atoms with E-state index in [0.717, 1.165) is 5.56 Å². The minimum Gasteiger partial charge on any atom is -0.507 e. The molecule has 0 aliphatic carbocycles. The van der Waals surface area contributed by atoms with Crippen LogP contribution in [0.15, 0.2) is 42.5 Å². The maximum Gasteiger partial charge on any atom is 0.339 e. The molecule has 0 aromatic heterocycles. The fraction of sp³-hybridized carbons (Fsp3) is 0.0714. The molecule has 0 fully saturated rings. The van der Waals surface area contributed by atoms with Gasteiger partial charge in [0.1, 0.15) is 23.7 Å². The van der Waals surface area contributed by atoms with Gasteiger partial charge in [0.15, 0.2) is 0 Å². The standard InChI is InChI=1S/C14H11ClO4/c15-10-3-1-2-9(6-10)8-19-11-4-5-12(14(17)18)13(16)7-11/h1-7,16H,8H2,(H,17,18). The number of aromatic hydroxyl groups is 1. The first-order valence-electron chi connectivity index (χ1n) is 5.50. The smallest absolute Gasteiger partial charge is 0.339 e. The third kappa shape index (κ3) is 3.39. The van der Waals surface area contributed by atoms with Gasteiger partial charge in [-0.2, -0.15) is 0 Å². The van der Waals surface area contributed by atoms with E-state index in [9.17, 15) is 9.90 Å². The molecule has 0 spiro atoms. The Morgan fingerprint density at radius 2 is 2.00 bits per heavy atom. The molecule has 2 aromatic carbocycles. The Hall–Kier alpha value is -2.20. The number of phenols is 1. The van der Waals surface area contributed by atoms with E-state index in [-0.39, 0.29) is 17.9 Å². The summed E-state index contributed by atoms with van der Waals surface area (Å²) in [5, 5.41) is 18.9. The monoisotopic (exact) mass is 278 g/mol. The highest BCUT2D eigenvalue weighted by molar-refractivity contribution is 6.30. The molecule has 0 aliphatic rings. The third-order valence-electron chi connectivity index (χ3n) is 2.49. The van der Waals surface area contributed by atoms with Crippen molar-refractivity contribution in [3.05, 3.63) is 58.6 Å². The Kier molecular flexibility index (Phi) is 3.92. The van der Waals surface area contributed by atoms with E-state index in [1.54, 1.807) is 12.1 Å². The fourth-order valence-corrected chi connectivity index (χ4v) is 1.79. The summed E-state index contributed by atoms with van der Waals surface area (Å²) in [6, 6.07) is 11.3. The molecule has 98 valence electrons. The number of rotatable bonds is 4. The molecule has 0 saturated carbocycles. The van der Waals surface area contributed by atoms with E-state index in [1.807, 2.05) is 12.1 Å². The third-order valence-corrected chi connectivity index (χ3v) is 2.73. The summed E-state index contributed by atoms with van der Waals surface area (Å²) in [7, 11) is 0. The van der Waals surface area contributed by atoms with Gasteiger partial charge in [-0.15, -0.1) is 0 Å². The van der Waals surface area contributed by atoms with Crippen LogP contribution in [0, 0.1) is 0 Å². The van der Waals surface area contributed by atoms with Gasteiger partial charge in [-0.25, -0.2) is 4.79 Å². The lowest BCUT2D eigenvalue weighted by atomic mass is 10.2. The van der Waals surface area contributed by atoms with Crippen molar-refractivity contribution in [1.82, 2.24) is 0 Å². The molecular weight excluding hydrogens is 268 g/mol. The van der Waals surface area contributed by atoms with Crippen LogP contribution in [0.2, 0.25) is 5.02 Å². The highest BCUT2D eigenvalue weighted by Gasteiger charge is 2.10. The van der Waals surface area contributed by atoms with Crippen molar-refractivity contribution in [2.24, 2.45) is 0 Å². The second-order valence-electron chi connectivity index (χ2n) is 3.90. The Labute approximate surface area is 114 Å². The Morgan fingerprint density at radius 3 is 2.63 bits per heavy atom. The van der Waals surface area contributed by atoms with Crippen LogP contribution in [0.5, 0.6) is 11.5 Å². The normalized spacial score (nSPS) is 10.2. The van der Waals surface area contributed by atoms with Crippen molar-refractivity contribution in [3.63, 3.8) is 0 Å². The molecule has 0 aliphatic heterocycles. The van der Waals surface area contributed by atoms with Crippen molar-refractivity contribution in [3.8, 4) is 11.5 Å². The molecule has 0 amide bonds. The fourth-order valence-electron chi connectivity index (χ4n) is 1.58. The predicted octanol–water partition coefficient (Wildman–Crippen LogP) is 3.32. The van der Waals surface area contributed by atoms with Crippen LogP contribution in [0.4, 0.5) is 0 Å². The molecular formula is C14H11ClO4. The Bertz CT molecular complexity index is 610. The first-order valence-corrected chi connectivity index (χ1v) is 5.87. The second-order valence-corrected chi connectivity index (χ2v) is 4.34. The van der Waals surface area contributed by atoms with Crippen molar-refractivity contribution in [2.75, 3.05) is 0 Å². The summed E-state index contributed by atoms with van der Waals surface area (Å²) in [5.41, 5.74) is 0.726. The van der Waals surface area contributed by atoms with Crippen LogP contribution < -0.4 is 4.74 Å². The van der Waals surface area contributed by atoms with Gasteiger partial charge in [0.05, 0.1) is 0 Å². The maximum absolute atomic E-state index is 10.7. The molecule has 0 heterocycles. The molecule has 19 heavy (non-hydrogen) atoms. The zero-order valence-electron chi connectivity index (χ0n) is 9.84. The van der Waals surface area contributed by atoms with Crippen LogP contribution in [-0.2, 0) is 6.61 Å². The zero-order chi connectivity index (χ0) is 13.8. The van der Waals surface area contributed by atoms with E-state index < -0.39 is 5.97 Å². The molecule has 0 bridgehead atoms. The summed E-state index contributed by atoms with van der Waals surface area (Å²) < 4.78 is 5.45. The van der Waals surface area contributed by atoms with Crippen LogP contribution in [0.25, 0.3) is 0 Å². The Morgan fingerprint density at radius 1 is 1.21 bits per heavy atom. The second kappa shape index (κ2) is 5.63. The molecule has 2 N–H and O–H groups in total. The predicted molar refractivity (Wildman–Crippen MR) is 70.9 cm³/mol. The average Bonchev–Trinajstić information content (AvgIpc) is 2.36. The number of carboxylic acid groups (broad SMARTS) is 1. The largest absolute Gasteiger partial charge is 0.507 e. The van der Waals surface area contributed by atoms with Gasteiger partial charge in [-0.05, 0) is 29.8 Å². The molecule has 2 rings (SSSR count).